The molecule has 2 fully saturated rings. The zero-order valence-corrected chi connectivity index (χ0v) is 25.0. The molecule has 0 bridgehead atoms. The Morgan fingerprint density at radius 3 is 2.51 bits per heavy atom. The Hall–Kier alpha value is -2.42. The zero-order chi connectivity index (χ0) is 30.0. The molecule has 2 rings (SSSR count). The van der Waals surface area contributed by atoms with Crippen LogP contribution in [0.4, 0.5) is 4.79 Å². The van der Waals surface area contributed by atoms with Crippen LogP contribution in [0.15, 0.2) is 0 Å². The molecule has 13 nitrogen and oxygen atoms in total. The van der Waals surface area contributed by atoms with Crippen molar-refractivity contribution < 1.29 is 28.7 Å². The summed E-state index contributed by atoms with van der Waals surface area (Å²) in [6.45, 7) is 2.91. The number of thioether (sulfide) groups is 1. The molecule has 2 saturated heterocycles. The van der Waals surface area contributed by atoms with Crippen LogP contribution in [-0.2, 0) is 23.9 Å². The molecule has 0 aromatic heterocycles. The molecule has 5 amide bonds. The molecule has 2 unspecified atom stereocenters. The predicted octanol–water partition coefficient (Wildman–Crippen LogP) is -0.338. The third kappa shape index (κ3) is 13.9. The maximum absolute atomic E-state index is 12.3. The van der Waals surface area contributed by atoms with Crippen LogP contribution in [0.3, 0.4) is 0 Å². The van der Waals surface area contributed by atoms with Gasteiger partial charge in [-0.1, -0.05) is 6.42 Å². The van der Waals surface area contributed by atoms with Gasteiger partial charge in [0.25, 0.3) is 0 Å². The van der Waals surface area contributed by atoms with Gasteiger partial charge in [0.1, 0.15) is 6.61 Å². The zero-order valence-electron chi connectivity index (χ0n) is 24.2. The Morgan fingerprint density at radius 1 is 1.00 bits per heavy atom. The van der Waals surface area contributed by atoms with Crippen molar-refractivity contribution in [1.82, 2.24) is 26.6 Å². The molecule has 41 heavy (non-hydrogen) atoms. The Balaban J connectivity index is 1.41. The van der Waals surface area contributed by atoms with Crippen molar-refractivity contribution in [3.05, 3.63) is 0 Å². The van der Waals surface area contributed by atoms with Crippen molar-refractivity contribution in [2.24, 2.45) is 11.5 Å². The second kappa shape index (κ2) is 19.7. The van der Waals surface area contributed by atoms with Crippen LogP contribution < -0.4 is 38.1 Å². The van der Waals surface area contributed by atoms with Gasteiger partial charge in [-0.2, -0.15) is 11.8 Å². The van der Waals surface area contributed by atoms with Crippen LogP contribution >= 0.6 is 11.8 Å². The van der Waals surface area contributed by atoms with E-state index in [1.54, 1.807) is 0 Å². The second-order valence-corrected chi connectivity index (χ2v) is 12.0. The van der Waals surface area contributed by atoms with Crippen molar-refractivity contribution in [1.29, 1.82) is 0 Å². The molecule has 5 atom stereocenters. The minimum absolute atomic E-state index is 0.0406. The maximum atomic E-state index is 12.3. The van der Waals surface area contributed by atoms with Crippen LogP contribution in [0.5, 0.6) is 0 Å². The molecule has 0 spiro atoms. The summed E-state index contributed by atoms with van der Waals surface area (Å²) < 4.78 is 5.33. The second-order valence-electron chi connectivity index (χ2n) is 10.7. The number of ketones is 1. The maximum Gasteiger partial charge on any atom is 0.315 e. The number of urea groups is 1. The Morgan fingerprint density at radius 2 is 1.76 bits per heavy atom. The van der Waals surface area contributed by atoms with Gasteiger partial charge in [0.15, 0.2) is 5.78 Å². The van der Waals surface area contributed by atoms with Gasteiger partial charge in [0.2, 0.25) is 17.7 Å². The monoisotopic (exact) mass is 599 g/mol. The predicted molar refractivity (Wildman–Crippen MR) is 158 cm³/mol. The summed E-state index contributed by atoms with van der Waals surface area (Å²) in [7, 11) is 0. The molecule has 2 aliphatic rings. The van der Waals surface area contributed by atoms with Crippen LogP contribution in [0.2, 0.25) is 0 Å². The minimum Gasteiger partial charge on any atom is -0.370 e. The molecule has 2 aliphatic heterocycles. The van der Waals surface area contributed by atoms with E-state index in [2.05, 4.69) is 26.6 Å². The van der Waals surface area contributed by atoms with Gasteiger partial charge < -0.3 is 42.8 Å². The number of carbonyl (C=O) groups excluding carboxylic acids is 5. The fraction of sp³-hybridized carbons (Fsp3) is 0.815. The summed E-state index contributed by atoms with van der Waals surface area (Å²) in [6, 6.07) is -0.925. The number of hydrogen-bond acceptors (Lipinski definition) is 9. The third-order valence-corrected chi connectivity index (χ3v) is 8.75. The van der Waals surface area contributed by atoms with E-state index in [0.717, 1.165) is 37.9 Å². The first-order valence-electron chi connectivity index (χ1n) is 14.8. The molecular formula is C27H49N7O6S. The molecule has 0 aliphatic carbocycles. The van der Waals surface area contributed by atoms with Crippen LogP contribution in [0.25, 0.3) is 0 Å². The highest BCUT2D eigenvalue weighted by Crippen LogP contribution is 2.33. The van der Waals surface area contributed by atoms with Crippen molar-refractivity contribution in [3.8, 4) is 0 Å². The highest BCUT2D eigenvalue weighted by atomic mass is 32.2. The summed E-state index contributed by atoms with van der Waals surface area (Å²) in [6.07, 6.45) is 6.98. The fourth-order valence-corrected chi connectivity index (χ4v) is 6.38. The fourth-order valence-electron chi connectivity index (χ4n) is 4.84. The van der Waals surface area contributed by atoms with Crippen LogP contribution in [-0.4, -0.2) is 97.6 Å². The Bertz CT molecular complexity index is 864. The summed E-state index contributed by atoms with van der Waals surface area (Å²) in [5.41, 5.74) is 11.4. The van der Waals surface area contributed by atoms with Gasteiger partial charge in [-0.25, -0.2) is 4.79 Å². The van der Waals surface area contributed by atoms with E-state index in [4.69, 9.17) is 16.2 Å². The molecule has 9 N–H and O–H groups in total. The number of amides is 5. The molecule has 0 radical (unpaired) electrons. The summed E-state index contributed by atoms with van der Waals surface area (Å²) in [5.74, 6) is 0.199. The number of carbonyl (C=O) groups is 5. The number of rotatable bonds is 22. The largest absolute Gasteiger partial charge is 0.370 e. The lowest BCUT2D eigenvalue weighted by Gasteiger charge is -2.19. The van der Waals surface area contributed by atoms with Crippen LogP contribution in [0.1, 0.15) is 71.1 Å². The van der Waals surface area contributed by atoms with E-state index >= 15 is 0 Å². The Kier molecular flexibility index (Phi) is 16.7. The molecule has 0 saturated carbocycles. The van der Waals surface area contributed by atoms with E-state index in [1.165, 1.54) is 6.92 Å². The Labute approximate surface area is 247 Å². The number of nitrogens with one attached hydrogen (secondary N) is 5. The third-order valence-electron chi connectivity index (χ3n) is 7.24. The lowest BCUT2D eigenvalue weighted by molar-refractivity contribution is -0.128. The minimum atomic E-state index is -0.714. The number of nitrogens with two attached hydrogens (primary N) is 2. The van der Waals surface area contributed by atoms with Gasteiger partial charge in [0.05, 0.1) is 30.8 Å². The average Bonchev–Trinajstić information content (AvgIpc) is 3.48. The van der Waals surface area contributed by atoms with Gasteiger partial charge in [0, 0.05) is 30.5 Å². The quantitative estimate of drug-likeness (QED) is 0.0641. The van der Waals surface area contributed by atoms with Crippen LogP contribution in [0, 0.1) is 0 Å². The summed E-state index contributed by atoms with van der Waals surface area (Å²) >= 11 is 1.87. The lowest BCUT2D eigenvalue weighted by Crippen LogP contribution is -2.47. The number of Topliss-reactive ketones (excluding diaryl/α,β-unsaturated/α-hetero) is 1. The lowest BCUT2D eigenvalue weighted by atomic mass is 10.0. The smallest absolute Gasteiger partial charge is 0.315 e. The number of hydrogen-bond donors (Lipinski definition) is 7. The van der Waals surface area contributed by atoms with Crippen molar-refractivity contribution >= 4 is 41.3 Å². The molecule has 14 heteroatoms. The number of fused-ring (bicyclic) bond motifs is 1. The van der Waals surface area contributed by atoms with Crippen molar-refractivity contribution in [3.63, 3.8) is 0 Å². The number of ether oxygens (including phenoxy) is 1. The van der Waals surface area contributed by atoms with Gasteiger partial charge in [-0.05, 0) is 64.8 Å². The molecule has 234 valence electrons. The first kappa shape index (κ1) is 34.8. The van der Waals surface area contributed by atoms with Crippen molar-refractivity contribution in [2.75, 3.05) is 38.6 Å². The summed E-state index contributed by atoms with van der Waals surface area (Å²) in [5, 5.41) is 14.6. The van der Waals surface area contributed by atoms with Gasteiger partial charge in [-0.3, -0.25) is 19.2 Å². The molecule has 0 aromatic carbocycles. The normalized spacial score (nSPS) is 20.9. The van der Waals surface area contributed by atoms with E-state index in [1.807, 2.05) is 11.8 Å². The molecular weight excluding hydrogens is 550 g/mol. The summed E-state index contributed by atoms with van der Waals surface area (Å²) in [4.78, 5) is 59.4. The van der Waals surface area contributed by atoms with E-state index in [-0.39, 0.29) is 54.8 Å². The highest BCUT2D eigenvalue weighted by Gasteiger charge is 2.42. The molecule has 0 aromatic rings. The SMILES string of the molecule is CC(=O)C(CCCCN)NC(=O)C(N)CCCCNC(=O)COCCNC(=O)CCCC[C@H]1SC[C@H]2NC(=O)N[C@H]21. The number of unbranched alkanes of at least 4 members (excludes halogenated alkanes) is 3. The van der Waals surface area contributed by atoms with E-state index in [0.29, 0.717) is 57.0 Å². The molecule has 2 heterocycles. The first-order valence-corrected chi connectivity index (χ1v) is 15.8. The van der Waals surface area contributed by atoms with E-state index < -0.39 is 12.1 Å². The highest BCUT2D eigenvalue weighted by molar-refractivity contribution is 8.00. The standard InChI is InChI=1S/C27H49N7O6S/c1-18(35)20(9-4-6-12-28)32-26(38)19(29)8-5-7-13-30-24(37)16-40-15-14-31-23(36)11-3-2-10-22-25-21(17-41-22)33-27(39)34-25/h19-22,25H,2-17,28-29H2,1H3,(H,30,37)(H,31,36)(H,32,38)(H2,33,34,39)/t19?,20?,21-,22-,25-/m1/s1. The van der Waals surface area contributed by atoms with Gasteiger partial charge in [-0.15, -0.1) is 0 Å². The topological polar surface area (TPSA) is 207 Å². The average molecular weight is 600 g/mol. The van der Waals surface area contributed by atoms with Gasteiger partial charge >= 0.3 is 6.03 Å². The first-order chi connectivity index (χ1) is 19.7. The van der Waals surface area contributed by atoms with Crippen molar-refractivity contribution in [2.45, 2.75) is 101 Å². The van der Waals surface area contributed by atoms with E-state index in [9.17, 15) is 24.0 Å².